The fraction of sp³-hybridized carbons (Fsp3) is 0.364. The maximum absolute atomic E-state index is 6.06. The van der Waals surface area contributed by atoms with Gasteiger partial charge in [-0.2, -0.15) is 0 Å². The molecule has 80 valence electrons. The number of imidazole rings is 1. The first-order valence-electron chi connectivity index (χ1n) is 4.81. The lowest BCUT2D eigenvalue weighted by Gasteiger charge is -2.17. The number of nitrogens with zero attached hydrogens (tertiary/aromatic N) is 2. The zero-order chi connectivity index (χ0) is 11.2. The summed E-state index contributed by atoms with van der Waals surface area (Å²) in [5.41, 5.74) is 7.72. The molecule has 2 N–H and O–H groups in total. The van der Waals surface area contributed by atoms with Gasteiger partial charge < -0.3 is 10.3 Å². The number of fused-ring (bicyclic) bond motifs is 1. The number of aromatic nitrogens is 2. The van der Waals surface area contributed by atoms with E-state index in [9.17, 15) is 0 Å². The van der Waals surface area contributed by atoms with Crippen molar-refractivity contribution in [2.45, 2.75) is 19.4 Å². The average Bonchev–Trinajstić information content (AvgIpc) is 2.43. The molecule has 0 aliphatic heterocycles. The van der Waals surface area contributed by atoms with Gasteiger partial charge in [0.15, 0.2) is 0 Å². The number of rotatable bonds is 1. The van der Waals surface area contributed by atoms with Gasteiger partial charge in [-0.3, -0.25) is 0 Å². The molecule has 0 saturated carbocycles. The van der Waals surface area contributed by atoms with Crippen LogP contribution in [0.3, 0.4) is 0 Å². The summed E-state index contributed by atoms with van der Waals surface area (Å²) in [6, 6.07) is 6.04. The Morgan fingerprint density at radius 2 is 2.07 bits per heavy atom. The lowest BCUT2D eigenvalue weighted by molar-refractivity contribution is 0.498. The summed E-state index contributed by atoms with van der Waals surface area (Å²) < 4.78 is 3.10. The minimum absolute atomic E-state index is 0.416. The maximum Gasteiger partial charge on any atom is 0.129 e. The molecule has 0 radical (unpaired) electrons. The summed E-state index contributed by atoms with van der Waals surface area (Å²) in [7, 11) is 1.99. The van der Waals surface area contributed by atoms with Crippen molar-refractivity contribution in [2.75, 3.05) is 0 Å². The second kappa shape index (κ2) is 3.32. The molecule has 0 spiro atoms. The standard InChI is InChI=1S/C11H14BrN3/c1-11(2,13)10-14-8-5-4-7(12)6-9(8)15(10)3/h4-6H,13H2,1-3H3. The number of nitrogens with two attached hydrogens (primary N) is 1. The van der Waals surface area contributed by atoms with Crippen molar-refractivity contribution in [3.05, 3.63) is 28.5 Å². The molecule has 0 atom stereocenters. The minimum atomic E-state index is -0.416. The largest absolute Gasteiger partial charge is 0.330 e. The molecule has 1 aromatic heterocycles. The van der Waals surface area contributed by atoms with Gasteiger partial charge in [-0.05, 0) is 32.0 Å². The average molecular weight is 268 g/mol. The highest BCUT2D eigenvalue weighted by atomic mass is 79.9. The Balaban J connectivity index is 2.76. The van der Waals surface area contributed by atoms with E-state index in [1.807, 2.05) is 37.6 Å². The summed E-state index contributed by atoms with van der Waals surface area (Å²) >= 11 is 3.45. The highest BCUT2D eigenvalue weighted by molar-refractivity contribution is 9.10. The van der Waals surface area contributed by atoms with E-state index in [0.29, 0.717) is 0 Å². The van der Waals surface area contributed by atoms with Gasteiger partial charge in [0.25, 0.3) is 0 Å². The van der Waals surface area contributed by atoms with Crippen LogP contribution < -0.4 is 5.73 Å². The third kappa shape index (κ3) is 1.79. The van der Waals surface area contributed by atoms with Crippen molar-refractivity contribution in [1.29, 1.82) is 0 Å². The fourth-order valence-electron chi connectivity index (χ4n) is 1.74. The third-order valence-electron chi connectivity index (χ3n) is 2.42. The molecule has 1 aromatic carbocycles. The van der Waals surface area contributed by atoms with Crippen LogP contribution in [0.15, 0.2) is 22.7 Å². The molecule has 2 rings (SSSR count). The number of halogens is 1. The summed E-state index contributed by atoms with van der Waals surface area (Å²) in [6.45, 7) is 3.92. The Hall–Kier alpha value is -0.870. The first-order chi connectivity index (χ1) is 6.89. The summed E-state index contributed by atoms with van der Waals surface area (Å²) in [5, 5.41) is 0. The molecule has 0 aliphatic carbocycles. The summed E-state index contributed by atoms with van der Waals surface area (Å²) in [5.74, 6) is 0.899. The maximum atomic E-state index is 6.06. The van der Waals surface area contributed by atoms with Crippen LogP contribution in [0.4, 0.5) is 0 Å². The van der Waals surface area contributed by atoms with Gasteiger partial charge in [-0.15, -0.1) is 0 Å². The van der Waals surface area contributed by atoms with E-state index in [2.05, 4.69) is 27.0 Å². The smallest absolute Gasteiger partial charge is 0.129 e. The molecule has 0 aliphatic rings. The van der Waals surface area contributed by atoms with Gasteiger partial charge in [-0.1, -0.05) is 15.9 Å². The van der Waals surface area contributed by atoms with E-state index < -0.39 is 5.54 Å². The normalized spacial score (nSPS) is 12.3. The number of benzene rings is 1. The molecule has 4 heteroatoms. The van der Waals surface area contributed by atoms with Crippen molar-refractivity contribution in [3.63, 3.8) is 0 Å². The van der Waals surface area contributed by atoms with E-state index in [-0.39, 0.29) is 0 Å². The van der Waals surface area contributed by atoms with Gasteiger partial charge in [0.05, 0.1) is 16.6 Å². The van der Waals surface area contributed by atoms with Crippen molar-refractivity contribution in [1.82, 2.24) is 9.55 Å². The van der Waals surface area contributed by atoms with Crippen LogP contribution in [0.2, 0.25) is 0 Å². The molecule has 1 heterocycles. The molecule has 0 bridgehead atoms. The Kier molecular flexibility index (Phi) is 2.35. The highest BCUT2D eigenvalue weighted by Crippen LogP contribution is 2.24. The third-order valence-corrected chi connectivity index (χ3v) is 2.91. The predicted molar refractivity (Wildman–Crippen MR) is 65.6 cm³/mol. The molecule has 15 heavy (non-hydrogen) atoms. The molecular formula is C11H14BrN3. The van der Waals surface area contributed by atoms with Crippen LogP contribution in [0, 0.1) is 0 Å². The van der Waals surface area contributed by atoms with Crippen molar-refractivity contribution in [2.24, 2.45) is 12.8 Å². The second-order valence-electron chi connectivity index (χ2n) is 4.35. The zero-order valence-corrected chi connectivity index (χ0v) is 10.7. The van der Waals surface area contributed by atoms with E-state index >= 15 is 0 Å². The second-order valence-corrected chi connectivity index (χ2v) is 5.26. The highest BCUT2D eigenvalue weighted by Gasteiger charge is 2.21. The quantitative estimate of drug-likeness (QED) is 0.863. The van der Waals surface area contributed by atoms with Crippen LogP contribution in [0.25, 0.3) is 11.0 Å². The van der Waals surface area contributed by atoms with Crippen molar-refractivity contribution in [3.8, 4) is 0 Å². The number of hydrogen-bond donors (Lipinski definition) is 1. The van der Waals surface area contributed by atoms with Crippen molar-refractivity contribution < 1.29 is 0 Å². The van der Waals surface area contributed by atoms with Gasteiger partial charge in [0, 0.05) is 11.5 Å². The molecule has 0 amide bonds. The topological polar surface area (TPSA) is 43.8 Å². The fourth-order valence-corrected chi connectivity index (χ4v) is 2.09. The monoisotopic (exact) mass is 267 g/mol. The van der Waals surface area contributed by atoms with Gasteiger partial charge >= 0.3 is 0 Å². The Labute approximate surface area is 97.4 Å². The minimum Gasteiger partial charge on any atom is -0.330 e. The Morgan fingerprint density at radius 3 is 2.67 bits per heavy atom. The Morgan fingerprint density at radius 1 is 1.40 bits per heavy atom. The van der Waals surface area contributed by atoms with E-state index in [1.54, 1.807) is 0 Å². The van der Waals surface area contributed by atoms with Gasteiger partial charge in [0.2, 0.25) is 0 Å². The molecule has 2 aromatic rings. The summed E-state index contributed by atoms with van der Waals surface area (Å²) in [4.78, 5) is 4.54. The molecular weight excluding hydrogens is 254 g/mol. The molecule has 0 fully saturated rings. The Bertz CT molecular complexity index is 508. The first kappa shape index (κ1) is 10.6. The van der Waals surface area contributed by atoms with Crippen LogP contribution >= 0.6 is 15.9 Å². The van der Waals surface area contributed by atoms with Crippen LogP contribution in [-0.2, 0) is 12.6 Å². The van der Waals surface area contributed by atoms with Crippen molar-refractivity contribution >= 4 is 27.0 Å². The summed E-state index contributed by atoms with van der Waals surface area (Å²) in [6.07, 6.45) is 0. The first-order valence-corrected chi connectivity index (χ1v) is 5.60. The van der Waals surface area contributed by atoms with Crippen LogP contribution in [0.1, 0.15) is 19.7 Å². The number of aryl methyl sites for hydroxylation is 1. The van der Waals surface area contributed by atoms with Gasteiger partial charge in [-0.25, -0.2) is 4.98 Å². The SMILES string of the molecule is Cn1c(C(C)(C)N)nc2ccc(Br)cc21. The zero-order valence-electron chi connectivity index (χ0n) is 9.08. The predicted octanol–water partition coefficient (Wildman–Crippen LogP) is 2.53. The lowest BCUT2D eigenvalue weighted by atomic mass is 10.1. The molecule has 0 unspecified atom stereocenters. The number of hydrogen-bond acceptors (Lipinski definition) is 2. The van der Waals surface area contributed by atoms with Gasteiger partial charge in [0.1, 0.15) is 5.82 Å². The van der Waals surface area contributed by atoms with Crippen LogP contribution in [-0.4, -0.2) is 9.55 Å². The molecule has 0 saturated heterocycles. The lowest BCUT2D eigenvalue weighted by Crippen LogP contribution is -2.32. The molecule has 3 nitrogen and oxygen atoms in total. The van der Waals surface area contributed by atoms with E-state index in [0.717, 1.165) is 21.3 Å². The van der Waals surface area contributed by atoms with E-state index in [1.165, 1.54) is 0 Å². The van der Waals surface area contributed by atoms with Crippen LogP contribution in [0.5, 0.6) is 0 Å². The van der Waals surface area contributed by atoms with E-state index in [4.69, 9.17) is 5.73 Å².